The first-order chi connectivity index (χ1) is 9.52. The van der Waals surface area contributed by atoms with Crippen molar-refractivity contribution in [2.45, 2.75) is 35.1 Å². The molecule has 0 radical (unpaired) electrons. The molecule has 3 rings (SSSR count). The lowest BCUT2D eigenvalue weighted by atomic mass is 9.97. The monoisotopic (exact) mass is 322 g/mol. The van der Waals surface area contributed by atoms with E-state index < -0.39 is 0 Å². The maximum Gasteiger partial charge on any atom is 0.0778 e. The highest BCUT2D eigenvalue weighted by Crippen LogP contribution is 2.41. The van der Waals surface area contributed by atoms with Crippen molar-refractivity contribution < 1.29 is 0 Å². The highest BCUT2D eigenvalue weighted by Gasteiger charge is 2.20. The first-order valence-corrected chi connectivity index (χ1v) is 8.02. The Labute approximate surface area is 135 Å². The molecule has 2 nitrogen and oxygen atoms in total. The zero-order chi connectivity index (χ0) is 14.4. The van der Waals surface area contributed by atoms with Crippen molar-refractivity contribution in [3.8, 4) is 0 Å². The van der Waals surface area contributed by atoms with E-state index in [2.05, 4.69) is 55.5 Å². The molecule has 2 heterocycles. The molecule has 0 spiro atoms. The molecule has 0 bridgehead atoms. The second kappa shape index (κ2) is 5.37. The van der Waals surface area contributed by atoms with Crippen molar-refractivity contribution >= 4 is 54.4 Å². The summed E-state index contributed by atoms with van der Waals surface area (Å²) in [5.41, 5.74) is 5.93. The van der Waals surface area contributed by atoms with Crippen LogP contribution in [0.15, 0.2) is 20.9 Å². The number of hydrogen-bond donors (Lipinski definition) is 5. The third-order valence-corrected chi connectivity index (χ3v) is 5.57. The van der Waals surface area contributed by atoms with Gasteiger partial charge in [0.05, 0.1) is 10.5 Å². The summed E-state index contributed by atoms with van der Waals surface area (Å²) in [6.07, 6.45) is 3.26. The predicted molar refractivity (Wildman–Crippen MR) is 95.0 cm³/mol. The van der Waals surface area contributed by atoms with E-state index in [1.807, 2.05) is 0 Å². The smallest absolute Gasteiger partial charge is 0.0778 e. The molecule has 0 saturated carbocycles. The summed E-state index contributed by atoms with van der Waals surface area (Å²) in [6, 6.07) is 0. The molecule has 1 aromatic carbocycles. The van der Waals surface area contributed by atoms with E-state index >= 15 is 0 Å². The Hall–Kier alpha value is -0.490. The van der Waals surface area contributed by atoms with Crippen LogP contribution in [0, 0.1) is 13.8 Å². The number of aromatic nitrogens is 1. The number of fused-ring (bicyclic) bond motifs is 1. The van der Waals surface area contributed by atoms with Crippen molar-refractivity contribution in [3.05, 3.63) is 22.8 Å². The molecule has 0 atom stereocenters. The molecule has 2 aromatic rings. The van der Waals surface area contributed by atoms with E-state index in [9.17, 15) is 0 Å². The molecule has 2 N–H and O–H groups in total. The quantitative estimate of drug-likeness (QED) is 0.504. The third kappa shape index (κ3) is 2.11. The number of benzene rings is 1. The van der Waals surface area contributed by atoms with Crippen molar-refractivity contribution in [2.75, 3.05) is 13.1 Å². The molecular weight excluding hydrogens is 304 g/mol. The summed E-state index contributed by atoms with van der Waals surface area (Å²) in [4.78, 5) is 5.40. The first kappa shape index (κ1) is 14.4. The molecule has 1 aliphatic rings. The van der Waals surface area contributed by atoms with E-state index in [1.54, 1.807) is 0 Å². The van der Waals surface area contributed by atoms with Crippen LogP contribution in [-0.2, 0) is 0 Å². The number of hydrogen-bond acceptors (Lipinski definition) is 4. The van der Waals surface area contributed by atoms with Crippen molar-refractivity contribution in [2.24, 2.45) is 0 Å². The van der Waals surface area contributed by atoms with Crippen LogP contribution in [0.25, 0.3) is 16.5 Å². The van der Waals surface area contributed by atoms with Crippen molar-refractivity contribution in [3.63, 3.8) is 0 Å². The van der Waals surface area contributed by atoms with Crippen LogP contribution in [0.4, 0.5) is 0 Å². The van der Waals surface area contributed by atoms with Gasteiger partial charge in [0.1, 0.15) is 0 Å². The van der Waals surface area contributed by atoms with E-state index in [0.717, 1.165) is 45.2 Å². The molecule has 1 aromatic heterocycles. The molecule has 1 aliphatic heterocycles. The Morgan fingerprint density at radius 3 is 2.40 bits per heavy atom. The van der Waals surface area contributed by atoms with Gasteiger partial charge in [0.25, 0.3) is 0 Å². The van der Waals surface area contributed by atoms with Gasteiger partial charge in [-0.2, -0.15) is 0 Å². The number of nitrogens with one attached hydrogen (secondary N) is 2. The summed E-state index contributed by atoms with van der Waals surface area (Å²) >= 11 is 14.1. The van der Waals surface area contributed by atoms with E-state index in [4.69, 9.17) is 12.6 Å². The minimum Gasteiger partial charge on any atom is -0.348 e. The number of rotatable bonds is 1. The molecule has 0 fully saturated rings. The minimum atomic E-state index is 0.906. The third-order valence-electron chi connectivity index (χ3n) is 4.11. The van der Waals surface area contributed by atoms with E-state index in [-0.39, 0.29) is 0 Å². The zero-order valence-electron chi connectivity index (χ0n) is 11.5. The molecular formula is C15H18N2S3. The summed E-state index contributed by atoms with van der Waals surface area (Å²) in [7, 11) is 0. The number of thiol groups is 3. The minimum absolute atomic E-state index is 0.906. The van der Waals surface area contributed by atoms with Gasteiger partial charge >= 0.3 is 0 Å². The molecule has 0 saturated heterocycles. The van der Waals surface area contributed by atoms with Gasteiger partial charge in [0.2, 0.25) is 0 Å². The molecule has 0 amide bonds. The average Bonchev–Trinajstić information content (AvgIpc) is 2.81. The lowest BCUT2D eigenvalue weighted by Gasteiger charge is -2.16. The summed E-state index contributed by atoms with van der Waals surface area (Å²) < 4.78 is 0. The standard InChI is InChI=1S/C15H18N2S3/c1-7-8(2)14(19)12-11(13(7)18)10(15(20)17-12)9-3-5-16-6-4-9/h3,16-20H,4-6H2,1-2H3. The number of H-pyrrole nitrogens is 1. The van der Waals surface area contributed by atoms with Gasteiger partial charge in [-0.3, -0.25) is 0 Å². The normalized spacial score (nSPS) is 15.8. The van der Waals surface area contributed by atoms with Crippen LogP contribution in [0.3, 0.4) is 0 Å². The van der Waals surface area contributed by atoms with Crippen molar-refractivity contribution in [1.82, 2.24) is 10.3 Å². The molecule has 20 heavy (non-hydrogen) atoms. The fraction of sp³-hybridized carbons (Fsp3) is 0.333. The highest BCUT2D eigenvalue weighted by atomic mass is 32.1. The summed E-state index contributed by atoms with van der Waals surface area (Å²) in [5.74, 6) is 0. The molecule has 106 valence electrons. The summed E-state index contributed by atoms with van der Waals surface area (Å²) in [5, 5.41) is 5.40. The molecule has 0 aliphatic carbocycles. The molecule has 5 heteroatoms. The SMILES string of the molecule is Cc1c(C)c(S)c2c(C3=CCNCC3)c(S)[nH]c2c1S. The lowest BCUT2D eigenvalue weighted by molar-refractivity contribution is 0.738. The summed E-state index contributed by atoms with van der Waals surface area (Å²) in [6.45, 7) is 6.10. The topological polar surface area (TPSA) is 27.8 Å². The van der Waals surface area contributed by atoms with E-state index in [0.29, 0.717) is 0 Å². The van der Waals surface area contributed by atoms with Gasteiger partial charge in [-0.05, 0) is 43.5 Å². The Morgan fingerprint density at radius 2 is 1.75 bits per heavy atom. The first-order valence-electron chi connectivity index (χ1n) is 6.68. The highest BCUT2D eigenvalue weighted by molar-refractivity contribution is 7.81. The van der Waals surface area contributed by atoms with Gasteiger partial charge in [-0.15, -0.1) is 37.9 Å². The van der Waals surface area contributed by atoms with Gasteiger partial charge in [-0.25, -0.2) is 0 Å². The van der Waals surface area contributed by atoms with Crippen LogP contribution < -0.4 is 5.32 Å². The molecule has 0 unspecified atom stereocenters. The van der Waals surface area contributed by atoms with Crippen LogP contribution in [-0.4, -0.2) is 18.1 Å². The Balaban J connectivity index is 2.38. The Bertz CT molecular complexity index is 729. The zero-order valence-corrected chi connectivity index (χ0v) is 14.2. The second-order valence-electron chi connectivity index (χ2n) is 5.23. The van der Waals surface area contributed by atoms with Crippen LogP contribution >= 0.6 is 37.9 Å². The maximum absolute atomic E-state index is 4.75. The lowest BCUT2D eigenvalue weighted by Crippen LogP contribution is -2.20. The average molecular weight is 323 g/mol. The largest absolute Gasteiger partial charge is 0.348 e. The fourth-order valence-corrected chi connectivity index (χ4v) is 3.89. The van der Waals surface area contributed by atoms with Crippen LogP contribution in [0.2, 0.25) is 0 Å². The van der Waals surface area contributed by atoms with E-state index in [1.165, 1.54) is 22.3 Å². The van der Waals surface area contributed by atoms with Crippen molar-refractivity contribution in [1.29, 1.82) is 0 Å². The van der Waals surface area contributed by atoms with Crippen LogP contribution in [0.5, 0.6) is 0 Å². The second-order valence-corrected chi connectivity index (χ2v) is 6.57. The predicted octanol–water partition coefficient (Wildman–Crippen LogP) is 4.03. The van der Waals surface area contributed by atoms with Gasteiger partial charge in [0, 0.05) is 27.3 Å². The Morgan fingerprint density at radius 1 is 1.05 bits per heavy atom. The van der Waals surface area contributed by atoms with Crippen LogP contribution in [0.1, 0.15) is 23.1 Å². The maximum atomic E-state index is 4.75. The fourth-order valence-electron chi connectivity index (χ4n) is 2.79. The van der Waals surface area contributed by atoms with Gasteiger partial charge in [-0.1, -0.05) is 6.08 Å². The van der Waals surface area contributed by atoms with Gasteiger partial charge in [0.15, 0.2) is 0 Å². The number of aromatic amines is 1. The van der Waals surface area contributed by atoms with Gasteiger partial charge < -0.3 is 10.3 Å². The Kier molecular flexibility index (Phi) is 3.88.